The Morgan fingerprint density at radius 3 is 3.11 bits per heavy atom. The molecule has 2 unspecified atom stereocenters. The van der Waals surface area contributed by atoms with E-state index in [2.05, 4.69) is 33.9 Å². The Labute approximate surface area is 114 Å². The minimum atomic E-state index is 0.778. The number of imidazole rings is 1. The Kier molecular flexibility index (Phi) is 2.68. The Morgan fingerprint density at radius 1 is 1.26 bits per heavy atom. The van der Waals surface area contributed by atoms with Crippen LogP contribution in [0.3, 0.4) is 0 Å². The van der Waals surface area contributed by atoms with Gasteiger partial charge in [-0.15, -0.1) is 0 Å². The zero-order valence-electron chi connectivity index (χ0n) is 11.3. The summed E-state index contributed by atoms with van der Waals surface area (Å²) >= 11 is 0. The maximum atomic E-state index is 4.16. The van der Waals surface area contributed by atoms with Crippen LogP contribution in [0.5, 0.6) is 0 Å². The minimum absolute atomic E-state index is 0.778. The van der Waals surface area contributed by atoms with E-state index < -0.39 is 0 Å². The number of nitrogens with zero attached hydrogens (tertiary/aromatic N) is 2. The maximum Gasteiger partial charge on any atom is 0.0945 e. The van der Waals surface area contributed by atoms with E-state index in [9.17, 15) is 0 Å². The molecule has 1 aromatic heterocycles. The first-order valence-electron chi connectivity index (χ1n) is 7.46. The third-order valence-corrected chi connectivity index (χ3v) is 4.85. The minimum Gasteiger partial charge on any atom is -0.337 e. The van der Waals surface area contributed by atoms with E-state index in [1.165, 1.54) is 32.1 Å². The molecule has 98 valence electrons. The molecule has 2 aliphatic carbocycles. The van der Waals surface area contributed by atoms with Gasteiger partial charge >= 0.3 is 0 Å². The highest BCUT2D eigenvalue weighted by molar-refractivity contribution is 5.41. The second kappa shape index (κ2) is 4.52. The van der Waals surface area contributed by atoms with E-state index in [1.54, 1.807) is 16.7 Å². The predicted octanol–water partition coefficient (Wildman–Crippen LogP) is 3.57. The molecular formula is C17H20N2. The van der Waals surface area contributed by atoms with E-state index in [0.29, 0.717) is 0 Å². The summed E-state index contributed by atoms with van der Waals surface area (Å²) in [6.07, 6.45) is 12.6. The van der Waals surface area contributed by atoms with Crippen molar-refractivity contribution in [2.45, 2.75) is 44.6 Å². The highest BCUT2D eigenvalue weighted by atomic mass is 15.0. The molecule has 2 heteroatoms. The van der Waals surface area contributed by atoms with Crippen LogP contribution in [-0.4, -0.2) is 9.55 Å². The van der Waals surface area contributed by atoms with Crippen molar-refractivity contribution < 1.29 is 0 Å². The van der Waals surface area contributed by atoms with Gasteiger partial charge in [0, 0.05) is 18.9 Å². The summed E-state index contributed by atoms with van der Waals surface area (Å²) in [4.78, 5) is 4.16. The smallest absolute Gasteiger partial charge is 0.0945 e. The lowest BCUT2D eigenvalue weighted by atomic mass is 9.70. The van der Waals surface area contributed by atoms with E-state index in [-0.39, 0.29) is 0 Å². The molecule has 0 spiro atoms. The van der Waals surface area contributed by atoms with Gasteiger partial charge in [-0.1, -0.05) is 18.2 Å². The van der Waals surface area contributed by atoms with Crippen LogP contribution in [0.2, 0.25) is 0 Å². The van der Waals surface area contributed by atoms with Gasteiger partial charge in [0.15, 0.2) is 0 Å². The van der Waals surface area contributed by atoms with Gasteiger partial charge in [-0.05, 0) is 60.6 Å². The number of hydrogen-bond acceptors (Lipinski definition) is 1. The summed E-state index contributed by atoms with van der Waals surface area (Å²) in [6, 6.07) is 6.97. The van der Waals surface area contributed by atoms with Crippen LogP contribution in [0.25, 0.3) is 0 Å². The summed E-state index contributed by atoms with van der Waals surface area (Å²) in [7, 11) is 0. The first-order chi connectivity index (χ1) is 9.40. The molecule has 1 aromatic carbocycles. The Hall–Kier alpha value is -1.57. The molecular weight excluding hydrogens is 232 g/mol. The topological polar surface area (TPSA) is 17.8 Å². The molecule has 0 saturated heterocycles. The molecule has 0 radical (unpaired) electrons. The van der Waals surface area contributed by atoms with Gasteiger partial charge in [0.1, 0.15) is 0 Å². The molecule has 2 nitrogen and oxygen atoms in total. The average Bonchev–Trinajstić information content (AvgIpc) is 2.92. The molecule has 2 aromatic rings. The molecule has 2 atom stereocenters. The Balaban J connectivity index is 1.63. The largest absolute Gasteiger partial charge is 0.337 e. The van der Waals surface area contributed by atoms with Gasteiger partial charge in [0.25, 0.3) is 0 Å². The second-order valence-electron chi connectivity index (χ2n) is 6.14. The Bertz CT molecular complexity index is 571. The molecule has 0 amide bonds. The lowest BCUT2D eigenvalue weighted by molar-refractivity contribution is 0.334. The zero-order valence-corrected chi connectivity index (χ0v) is 11.3. The normalized spacial score (nSPS) is 25.1. The van der Waals surface area contributed by atoms with E-state index in [0.717, 1.165) is 18.4 Å². The lowest BCUT2D eigenvalue weighted by Crippen LogP contribution is -2.25. The summed E-state index contributed by atoms with van der Waals surface area (Å²) in [5, 5.41) is 0. The number of rotatable bonds is 2. The van der Waals surface area contributed by atoms with E-state index >= 15 is 0 Å². The molecule has 4 rings (SSSR count). The fraction of sp³-hybridized carbons (Fsp3) is 0.471. The van der Waals surface area contributed by atoms with Crippen LogP contribution < -0.4 is 0 Å². The van der Waals surface area contributed by atoms with Crippen molar-refractivity contribution in [2.24, 2.45) is 5.92 Å². The lowest BCUT2D eigenvalue weighted by Gasteiger charge is -2.36. The average molecular weight is 252 g/mol. The van der Waals surface area contributed by atoms with E-state index in [4.69, 9.17) is 0 Å². The SMILES string of the molecule is c1cc2c3c(c1)CC(Cn1ccnc1)CC3CCC2. The van der Waals surface area contributed by atoms with Crippen molar-refractivity contribution in [2.75, 3.05) is 0 Å². The van der Waals surface area contributed by atoms with Gasteiger partial charge in [0.05, 0.1) is 6.33 Å². The summed E-state index contributed by atoms with van der Waals surface area (Å²) in [5.74, 6) is 1.60. The van der Waals surface area contributed by atoms with Crippen molar-refractivity contribution in [1.82, 2.24) is 9.55 Å². The molecule has 0 saturated carbocycles. The number of hydrogen-bond donors (Lipinski definition) is 0. The fourth-order valence-corrected chi connectivity index (χ4v) is 4.13. The molecule has 1 heterocycles. The van der Waals surface area contributed by atoms with Gasteiger partial charge in [-0.2, -0.15) is 0 Å². The van der Waals surface area contributed by atoms with Crippen LogP contribution in [-0.2, 0) is 19.4 Å². The monoisotopic (exact) mass is 252 g/mol. The van der Waals surface area contributed by atoms with Gasteiger partial charge in [0.2, 0.25) is 0 Å². The molecule has 19 heavy (non-hydrogen) atoms. The van der Waals surface area contributed by atoms with Crippen LogP contribution in [0.15, 0.2) is 36.9 Å². The molecule has 2 aliphatic rings. The molecule has 0 N–H and O–H groups in total. The van der Waals surface area contributed by atoms with Crippen LogP contribution in [0.4, 0.5) is 0 Å². The van der Waals surface area contributed by atoms with Crippen molar-refractivity contribution in [3.8, 4) is 0 Å². The first kappa shape index (κ1) is 11.3. The first-order valence-corrected chi connectivity index (χ1v) is 7.46. The molecule has 0 bridgehead atoms. The van der Waals surface area contributed by atoms with Gasteiger partial charge < -0.3 is 4.57 Å². The molecule has 0 fully saturated rings. The Morgan fingerprint density at radius 2 is 2.21 bits per heavy atom. The summed E-state index contributed by atoms with van der Waals surface area (Å²) in [5.41, 5.74) is 4.98. The van der Waals surface area contributed by atoms with Crippen molar-refractivity contribution in [1.29, 1.82) is 0 Å². The van der Waals surface area contributed by atoms with Crippen molar-refractivity contribution >= 4 is 0 Å². The maximum absolute atomic E-state index is 4.16. The number of benzene rings is 1. The third kappa shape index (κ3) is 1.99. The molecule has 0 aliphatic heterocycles. The summed E-state index contributed by atoms with van der Waals surface area (Å²) < 4.78 is 2.24. The number of aromatic nitrogens is 2. The van der Waals surface area contributed by atoms with Gasteiger partial charge in [-0.3, -0.25) is 0 Å². The zero-order chi connectivity index (χ0) is 12.7. The highest BCUT2D eigenvalue weighted by Gasteiger charge is 2.30. The fourth-order valence-electron chi connectivity index (χ4n) is 4.13. The third-order valence-electron chi connectivity index (χ3n) is 4.85. The van der Waals surface area contributed by atoms with Gasteiger partial charge in [-0.25, -0.2) is 4.98 Å². The predicted molar refractivity (Wildman–Crippen MR) is 76.2 cm³/mol. The van der Waals surface area contributed by atoms with Crippen molar-refractivity contribution in [3.63, 3.8) is 0 Å². The second-order valence-corrected chi connectivity index (χ2v) is 6.14. The summed E-state index contributed by atoms with van der Waals surface area (Å²) in [6.45, 7) is 1.13. The highest BCUT2D eigenvalue weighted by Crippen LogP contribution is 2.43. The quantitative estimate of drug-likeness (QED) is 0.799. The van der Waals surface area contributed by atoms with E-state index in [1.807, 2.05) is 12.5 Å². The number of aryl methyl sites for hydroxylation is 1. The van der Waals surface area contributed by atoms with Crippen molar-refractivity contribution in [3.05, 3.63) is 53.6 Å². The van der Waals surface area contributed by atoms with Crippen LogP contribution in [0.1, 0.15) is 41.9 Å². The standard InChI is InChI=1S/C17H20N2/c1-3-14-4-2-6-16-10-13(9-15(5-1)17(14)16)11-19-8-7-18-12-19/h1,3,5,7-8,12-13,16H,2,4,6,9-11H2. The van der Waals surface area contributed by atoms with Crippen LogP contribution >= 0.6 is 0 Å². The van der Waals surface area contributed by atoms with Crippen LogP contribution in [0, 0.1) is 5.92 Å².